The molecule has 0 bridgehead atoms. The zero-order valence-corrected chi connectivity index (χ0v) is 10.5. The van der Waals surface area contributed by atoms with Crippen LogP contribution >= 0.6 is 0 Å². The molecule has 5 heteroatoms. The number of nitrogens with zero attached hydrogens (tertiary/aromatic N) is 3. The van der Waals surface area contributed by atoms with Crippen LogP contribution in [0.1, 0.15) is 17.5 Å². The summed E-state index contributed by atoms with van der Waals surface area (Å²) in [6, 6.07) is 8.17. The molecule has 0 spiro atoms. The van der Waals surface area contributed by atoms with E-state index in [0.29, 0.717) is 12.4 Å². The zero-order chi connectivity index (χ0) is 13.4. The minimum absolute atomic E-state index is 0.403. The van der Waals surface area contributed by atoms with E-state index in [1.54, 1.807) is 12.4 Å². The highest BCUT2D eigenvalue weighted by molar-refractivity contribution is 5.63. The maximum Gasteiger partial charge on any atom is 0.143 e. The highest BCUT2D eigenvalue weighted by Crippen LogP contribution is 2.30. The molecule has 1 aliphatic rings. The lowest BCUT2D eigenvalue weighted by molar-refractivity contribution is 0.128. The molecule has 96 valence electrons. The van der Waals surface area contributed by atoms with Crippen LogP contribution in [0, 0.1) is 24.2 Å². The summed E-state index contributed by atoms with van der Waals surface area (Å²) in [5, 5.41) is 22.6. The molecule has 1 aromatic heterocycles. The second-order valence-electron chi connectivity index (χ2n) is 4.74. The average molecular weight is 254 g/mol. The fourth-order valence-corrected chi connectivity index (χ4v) is 2.36. The van der Waals surface area contributed by atoms with Gasteiger partial charge in [0.1, 0.15) is 11.9 Å². The van der Waals surface area contributed by atoms with E-state index in [0.717, 1.165) is 16.9 Å². The number of nitrogens with one attached hydrogen (secondary N) is 1. The maximum atomic E-state index is 10.3. The van der Waals surface area contributed by atoms with Gasteiger partial charge >= 0.3 is 0 Å². The molecule has 5 nitrogen and oxygen atoms in total. The lowest BCUT2D eigenvalue weighted by Crippen LogP contribution is -2.25. The number of rotatable bonds is 0. The molecule has 2 heterocycles. The molecule has 2 N–H and O–H groups in total. The number of imidazole rings is 1. The number of aliphatic hydroxyl groups is 1. The van der Waals surface area contributed by atoms with Crippen molar-refractivity contribution in [2.24, 2.45) is 5.92 Å². The second kappa shape index (κ2) is 4.41. The monoisotopic (exact) mass is 254 g/mol. The molecule has 0 saturated heterocycles. The van der Waals surface area contributed by atoms with Gasteiger partial charge in [0, 0.05) is 18.9 Å². The number of anilines is 1. The van der Waals surface area contributed by atoms with Crippen molar-refractivity contribution in [1.29, 1.82) is 5.26 Å². The fraction of sp³-hybridized carbons (Fsp3) is 0.286. The largest absolute Gasteiger partial charge is 0.384 e. The number of hydrogen-bond acceptors (Lipinski definition) is 4. The summed E-state index contributed by atoms with van der Waals surface area (Å²) in [7, 11) is 0. The highest BCUT2D eigenvalue weighted by atomic mass is 16.3. The zero-order valence-electron chi connectivity index (χ0n) is 10.5. The Kier molecular flexibility index (Phi) is 2.73. The van der Waals surface area contributed by atoms with Crippen LogP contribution in [0.4, 0.5) is 5.69 Å². The third-order valence-electron chi connectivity index (χ3n) is 3.41. The highest BCUT2D eigenvalue weighted by Gasteiger charge is 2.28. The summed E-state index contributed by atoms with van der Waals surface area (Å²) in [5.74, 6) is -0.00416. The fourth-order valence-electron chi connectivity index (χ4n) is 2.36. The van der Waals surface area contributed by atoms with Crippen LogP contribution in [0.15, 0.2) is 30.6 Å². The van der Waals surface area contributed by atoms with Crippen molar-refractivity contribution in [3.05, 3.63) is 42.0 Å². The third-order valence-corrected chi connectivity index (χ3v) is 3.41. The van der Waals surface area contributed by atoms with Crippen molar-refractivity contribution in [2.75, 3.05) is 11.9 Å². The molecular formula is C14H14N4O. The number of aromatic nitrogens is 2. The van der Waals surface area contributed by atoms with Crippen LogP contribution in [0.25, 0.3) is 5.69 Å². The quantitative estimate of drug-likeness (QED) is 0.751. The SMILES string of the molecule is Cc1ccc2c(c1)-n1ccnc1[C@H](O)[C@@H](C#N)CN2. The molecule has 2 atom stereocenters. The Balaban J connectivity index is 2.21. The summed E-state index contributed by atoms with van der Waals surface area (Å²) in [6.45, 7) is 2.42. The van der Waals surface area contributed by atoms with Gasteiger partial charge in [-0.1, -0.05) is 6.07 Å². The van der Waals surface area contributed by atoms with Gasteiger partial charge < -0.3 is 10.4 Å². The minimum Gasteiger partial charge on any atom is -0.384 e. The van der Waals surface area contributed by atoms with E-state index in [-0.39, 0.29) is 0 Å². The number of fused-ring (bicyclic) bond motifs is 3. The Morgan fingerprint density at radius 2 is 2.37 bits per heavy atom. The number of benzene rings is 1. The molecule has 1 aromatic carbocycles. The van der Waals surface area contributed by atoms with Gasteiger partial charge in [-0.15, -0.1) is 0 Å². The van der Waals surface area contributed by atoms with Gasteiger partial charge in [0.05, 0.1) is 23.4 Å². The summed E-state index contributed by atoms with van der Waals surface area (Å²) in [5.41, 5.74) is 3.02. The van der Waals surface area contributed by atoms with E-state index in [2.05, 4.69) is 16.4 Å². The maximum absolute atomic E-state index is 10.3. The van der Waals surface area contributed by atoms with E-state index >= 15 is 0 Å². The van der Waals surface area contributed by atoms with Crippen LogP contribution < -0.4 is 5.32 Å². The standard InChI is InChI=1S/C14H14N4O/c1-9-2-3-11-12(6-9)18-5-4-16-14(18)13(19)10(7-15)8-17-11/h2-6,10,13,17,19H,8H2,1H3/t10-,13+/m0/s1. The van der Waals surface area contributed by atoms with Crippen LogP contribution in [0.2, 0.25) is 0 Å². The number of hydrogen-bond donors (Lipinski definition) is 2. The lowest BCUT2D eigenvalue weighted by Gasteiger charge is -2.24. The molecule has 0 unspecified atom stereocenters. The van der Waals surface area contributed by atoms with Crippen LogP contribution in [-0.4, -0.2) is 21.2 Å². The van der Waals surface area contributed by atoms with Gasteiger partial charge in [0.25, 0.3) is 0 Å². The van der Waals surface area contributed by atoms with Crippen molar-refractivity contribution in [3.63, 3.8) is 0 Å². The molecule has 2 aromatic rings. The van der Waals surface area contributed by atoms with Crippen LogP contribution in [0.5, 0.6) is 0 Å². The Morgan fingerprint density at radius 1 is 1.53 bits per heavy atom. The van der Waals surface area contributed by atoms with E-state index in [1.807, 2.05) is 29.7 Å². The smallest absolute Gasteiger partial charge is 0.143 e. The first-order valence-electron chi connectivity index (χ1n) is 6.16. The Hall–Kier alpha value is -2.32. The summed E-state index contributed by atoms with van der Waals surface area (Å²) >= 11 is 0. The topological polar surface area (TPSA) is 73.9 Å². The van der Waals surface area contributed by atoms with E-state index in [4.69, 9.17) is 5.26 Å². The molecule has 0 aliphatic carbocycles. The van der Waals surface area contributed by atoms with Gasteiger partial charge in [0.15, 0.2) is 0 Å². The summed E-state index contributed by atoms with van der Waals surface area (Å²) in [6.07, 6.45) is 2.56. The first kappa shape index (κ1) is 11.8. The molecule has 0 saturated carbocycles. The van der Waals surface area contributed by atoms with Crippen molar-refractivity contribution < 1.29 is 5.11 Å². The van der Waals surface area contributed by atoms with Crippen LogP contribution in [0.3, 0.4) is 0 Å². The predicted octanol–water partition coefficient (Wildman–Crippen LogP) is 1.78. The Bertz CT molecular complexity index is 656. The summed E-state index contributed by atoms with van der Waals surface area (Å²) < 4.78 is 1.84. The first-order chi connectivity index (χ1) is 9.20. The van der Waals surface area contributed by atoms with Crippen molar-refractivity contribution in [1.82, 2.24) is 9.55 Å². The number of nitriles is 1. The third kappa shape index (κ3) is 1.86. The Morgan fingerprint density at radius 3 is 3.16 bits per heavy atom. The lowest BCUT2D eigenvalue weighted by atomic mass is 10.0. The molecule has 19 heavy (non-hydrogen) atoms. The number of aryl methyl sites for hydroxylation is 1. The average Bonchev–Trinajstić information content (AvgIpc) is 2.88. The molecular weight excluding hydrogens is 240 g/mol. The molecule has 0 radical (unpaired) electrons. The van der Waals surface area contributed by atoms with Gasteiger partial charge in [-0.3, -0.25) is 4.57 Å². The summed E-state index contributed by atoms with van der Waals surface area (Å²) in [4.78, 5) is 4.20. The van der Waals surface area contributed by atoms with Gasteiger partial charge in [0.2, 0.25) is 0 Å². The second-order valence-corrected chi connectivity index (χ2v) is 4.74. The normalized spacial score (nSPS) is 21.3. The van der Waals surface area contributed by atoms with Crippen molar-refractivity contribution >= 4 is 5.69 Å². The molecule has 1 aliphatic heterocycles. The van der Waals surface area contributed by atoms with Gasteiger partial charge in [-0.25, -0.2) is 4.98 Å². The van der Waals surface area contributed by atoms with Crippen molar-refractivity contribution in [3.8, 4) is 11.8 Å². The van der Waals surface area contributed by atoms with Crippen molar-refractivity contribution in [2.45, 2.75) is 13.0 Å². The molecule has 3 rings (SSSR count). The van der Waals surface area contributed by atoms with Crippen LogP contribution in [-0.2, 0) is 0 Å². The van der Waals surface area contributed by atoms with Gasteiger partial charge in [-0.05, 0) is 24.6 Å². The van der Waals surface area contributed by atoms with Gasteiger partial charge in [-0.2, -0.15) is 5.26 Å². The first-order valence-corrected chi connectivity index (χ1v) is 6.16. The number of aliphatic hydroxyl groups excluding tert-OH is 1. The van der Waals surface area contributed by atoms with E-state index in [1.165, 1.54) is 0 Å². The predicted molar refractivity (Wildman–Crippen MR) is 70.9 cm³/mol. The Labute approximate surface area is 111 Å². The molecule has 0 amide bonds. The van der Waals surface area contributed by atoms with E-state index < -0.39 is 12.0 Å². The van der Waals surface area contributed by atoms with E-state index in [9.17, 15) is 5.11 Å². The molecule has 0 fully saturated rings. The minimum atomic E-state index is -0.888.